The summed E-state index contributed by atoms with van der Waals surface area (Å²) >= 11 is 0. The lowest BCUT2D eigenvalue weighted by Crippen LogP contribution is -2.57. The summed E-state index contributed by atoms with van der Waals surface area (Å²) in [5.74, 6) is 0.472. The summed E-state index contributed by atoms with van der Waals surface area (Å²) < 4.78 is 0. The Kier molecular flexibility index (Phi) is 4.35. The molecule has 1 atom stereocenters. The molecule has 0 aromatic rings. The molecule has 1 unspecified atom stereocenters. The van der Waals surface area contributed by atoms with Crippen molar-refractivity contribution in [2.24, 2.45) is 11.7 Å². The van der Waals surface area contributed by atoms with Crippen LogP contribution in [0, 0.1) is 5.92 Å². The van der Waals surface area contributed by atoms with Crippen LogP contribution in [0.4, 0.5) is 0 Å². The number of piperazine rings is 1. The average molecular weight is 199 g/mol. The molecule has 1 amide bonds. The highest BCUT2D eigenvalue weighted by Gasteiger charge is 2.26. The molecule has 0 saturated carbocycles. The minimum atomic E-state index is -0.207. The number of nitrogens with zero attached hydrogens (tertiary/aromatic N) is 1. The van der Waals surface area contributed by atoms with Gasteiger partial charge in [-0.15, -0.1) is 0 Å². The third-order valence-electron chi connectivity index (χ3n) is 2.68. The van der Waals surface area contributed by atoms with E-state index >= 15 is 0 Å². The summed E-state index contributed by atoms with van der Waals surface area (Å²) in [5.41, 5.74) is 5.34. The second-order valence-corrected chi connectivity index (χ2v) is 4.34. The molecular formula is C10H21N3O. The Morgan fingerprint density at radius 2 is 2.36 bits per heavy atom. The normalized spacial score (nSPS) is 24.1. The van der Waals surface area contributed by atoms with Crippen molar-refractivity contribution in [2.45, 2.75) is 26.3 Å². The minimum Gasteiger partial charge on any atom is -0.368 e. The van der Waals surface area contributed by atoms with Gasteiger partial charge in [0.2, 0.25) is 5.91 Å². The van der Waals surface area contributed by atoms with Crippen molar-refractivity contribution in [3.8, 4) is 0 Å². The summed E-state index contributed by atoms with van der Waals surface area (Å²) in [7, 11) is 0. The van der Waals surface area contributed by atoms with Crippen LogP contribution in [-0.4, -0.2) is 43.0 Å². The molecule has 1 saturated heterocycles. The van der Waals surface area contributed by atoms with Crippen molar-refractivity contribution in [3.63, 3.8) is 0 Å². The molecule has 3 N–H and O–H groups in total. The fourth-order valence-corrected chi connectivity index (χ4v) is 1.72. The third-order valence-corrected chi connectivity index (χ3v) is 2.68. The van der Waals surface area contributed by atoms with Crippen LogP contribution >= 0.6 is 0 Å². The smallest absolute Gasteiger partial charge is 0.236 e. The van der Waals surface area contributed by atoms with E-state index in [0.717, 1.165) is 26.1 Å². The van der Waals surface area contributed by atoms with Crippen LogP contribution in [-0.2, 0) is 4.79 Å². The van der Waals surface area contributed by atoms with Gasteiger partial charge in [0, 0.05) is 19.6 Å². The topological polar surface area (TPSA) is 58.4 Å². The molecule has 0 aliphatic carbocycles. The molecule has 0 bridgehead atoms. The molecule has 0 radical (unpaired) electrons. The predicted octanol–water partition coefficient (Wildman–Crippen LogP) is -0.208. The first kappa shape index (κ1) is 11.5. The van der Waals surface area contributed by atoms with Gasteiger partial charge in [-0.2, -0.15) is 0 Å². The quantitative estimate of drug-likeness (QED) is 0.659. The van der Waals surface area contributed by atoms with E-state index in [2.05, 4.69) is 24.1 Å². The van der Waals surface area contributed by atoms with Crippen molar-refractivity contribution in [1.29, 1.82) is 0 Å². The van der Waals surface area contributed by atoms with E-state index in [1.807, 2.05) is 0 Å². The SMILES string of the molecule is CC(C)CCN1CCNCC1C(N)=O. The first-order chi connectivity index (χ1) is 6.61. The molecule has 0 spiro atoms. The summed E-state index contributed by atoms with van der Waals surface area (Å²) in [6, 6.07) is -0.109. The van der Waals surface area contributed by atoms with E-state index < -0.39 is 0 Å². The average Bonchev–Trinajstić information content (AvgIpc) is 2.15. The Bertz CT molecular complexity index is 194. The molecule has 1 aliphatic heterocycles. The standard InChI is InChI=1S/C10H21N3O/c1-8(2)3-5-13-6-4-12-7-9(13)10(11)14/h8-9,12H,3-7H2,1-2H3,(H2,11,14). The lowest BCUT2D eigenvalue weighted by atomic mass is 10.1. The fourth-order valence-electron chi connectivity index (χ4n) is 1.72. The van der Waals surface area contributed by atoms with E-state index in [0.29, 0.717) is 12.5 Å². The maximum absolute atomic E-state index is 11.1. The maximum Gasteiger partial charge on any atom is 0.236 e. The molecule has 4 nitrogen and oxygen atoms in total. The van der Waals surface area contributed by atoms with E-state index in [4.69, 9.17) is 5.73 Å². The van der Waals surface area contributed by atoms with Crippen LogP contribution in [0.1, 0.15) is 20.3 Å². The highest BCUT2D eigenvalue weighted by molar-refractivity contribution is 5.80. The molecule has 82 valence electrons. The Morgan fingerprint density at radius 3 is 2.93 bits per heavy atom. The van der Waals surface area contributed by atoms with Gasteiger partial charge in [-0.1, -0.05) is 13.8 Å². The Labute approximate surface area is 85.8 Å². The molecule has 1 rings (SSSR count). The number of nitrogens with two attached hydrogens (primary N) is 1. The molecule has 0 aromatic heterocycles. The second kappa shape index (κ2) is 5.32. The highest BCUT2D eigenvalue weighted by atomic mass is 16.1. The maximum atomic E-state index is 11.1. The van der Waals surface area contributed by atoms with E-state index in [1.165, 1.54) is 0 Å². The first-order valence-corrected chi connectivity index (χ1v) is 5.35. The van der Waals surface area contributed by atoms with E-state index in [-0.39, 0.29) is 11.9 Å². The highest BCUT2D eigenvalue weighted by Crippen LogP contribution is 2.07. The fraction of sp³-hybridized carbons (Fsp3) is 0.900. The Hall–Kier alpha value is -0.610. The van der Waals surface area contributed by atoms with Crippen molar-refractivity contribution >= 4 is 5.91 Å². The zero-order chi connectivity index (χ0) is 10.6. The molecular weight excluding hydrogens is 178 g/mol. The predicted molar refractivity (Wildman–Crippen MR) is 56.9 cm³/mol. The van der Waals surface area contributed by atoms with Gasteiger partial charge in [0.05, 0.1) is 0 Å². The summed E-state index contributed by atoms with van der Waals surface area (Å²) in [5, 5.41) is 3.19. The van der Waals surface area contributed by atoms with Crippen LogP contribution in [0.3, 0.4) is 0 Å². The van der Waals surface area contributed by atoms with Crippen LogP contribution < -0.4 is 11.1 Å². The zero-order valence-corrected chi connectivity index (χ0v) is 9.12. The largest absolute Gasteiger partial charge is 0.368 e. The van der Waals surface area contributed by atoms with Crippen LogP contribution in [0.5, 0.6) is 0 Å². The number of primary amides is 1. The van der Waals surface area contributed by atoms with Gasteiger partial charge in [-0.3, -0.25) is 9.69 Å². The van der Waals surface area contributed by atoms with Crippen LogP contribution in [0.25, 0.3) is 0 Å². The number of rotatable bonds is 4. The van der Waals surface area contributed by atoms with Gasteiger partial charge in [-0.25, -0.2) is 0 Å². The molecule has 0 aromatic carbocycles. The molecule has 4 heteroatoms. The van der Waals surface area contributed by atoms with Crippen LogP contribution in [0.2, 0.25) is 0 Å². The van der Waals surface area contributed by atoms with Crippen molar-refractivity contribution in [1.82, 2.24) is 10.2 Å². The minimum absolute atomic E-state index is 0.109. The Balaban J connectivity index is 2.42. The number of hydrogen-bond donors (Lipinski definition) is 2. The number of carbonyl (C=O) groups is 1. The number of nitrogens with one attached hydrogen (secondary N) is 1. The molecule has 1 fully saturated rings. The van der Waals surface area contributed by atoms with Gasteiger partial charge in [0.25, 0.3) is 0 Å². The number of carbonyl (C=O) groups excluding carboxylic acids is 1. The lowest BCUT2D eigenvalue weighted by Gasteiger charge is -2.34. The van der Waals surface area contributed by atoms with E-state index in [9.17, 15) is 4.79 Å². The third kappa shape index (κ3) is 3.27. The van der Waals surface area contributed by atoms with E-state index in [1.54, 1.807) is 0 Å². The Morgan fingerprint density at radius 1 is 1.64 bits per heavy atom. The van der Waals surface area contributed by atoms with Gasteiger partial charge in [0.15, 0.2) is 0 Å². The summed E-state index contributed by atoms with van der Waals surface area (Å²) in [4.78, 5) is 13.3. The van der Waals surface area contributed by atoms with Crippen LogP contribution in [0.15, 0.2) is 0 Å². The zero-order valence-electron chi connectivity index (χ0n) is 9.12. The lowest BCUT2D eigenvalue weighted by molar-refractivity contribution is -0.123. The van der Waals surface area contributed by atoms with Crippen molar-refractivity contribution in [3.05, 3.63) is 0 Å². The molecule has 1 heterocycles. The summed E-state index contributed by atoms with van der Waals surface area (Å²) in [6.07, 6.45) is 1.13. The number of amides is 1. The van der Waals surface area contributed by atoms with Gasteiger partial charge in [0.1, 0.15) is 6.04 Å². The van der Waals surface area contributed by atoms with Gasteiger partial charge < -0.3 is 11.1 Å². The molecule has 14 heavy (non-hydrogen) atoms. The van der Waals surface area contributed by atoms with Crippen molar-refractivity contribution in [2.75, 3.05) is 26.2 Å². The van der Waals surface area contributed by atoms with Crippen molar-refractivity contribution < 1.29 is 4.79 Å². The monoisotopic (exact) mass is 199 g/mol. The second-order valence-electron chi connectivity index (χ2n) is 4.34. The van der Waals surface area contributed by atoms with Gasteiger partial charge >= 0.3 is 0 Å². The van der Waals surface area contributed by atoms with Gasteiger partial charge in [-0.05, 0) is 18.9 Å². The number of hydrogen-bond acceptors (Lipinski definition) is 3. The summed E-state index contributed by atoms with van der Waals surface area (Å²) in [6.45, 7) is 7.96. The molecule has 1 aliphatic rings. The first-order valence-electron chi connectivity index (χ1n) is 5.35.